The second kappa shape index (κ2) is 8.33. The number of aliphatic hydroxyl groups is 3. The molecule has 38 heavy (non-hydrogen) atoms. The van der Waals surface area contributed by atoms with Gasteiger partial charge >= 0.3 is 28.0 Å². The Labute approximate surface area is 234 Å². The minimum absolute atomic E-state index is 0.00531. The maximum Gasteiger partial charge on any atom is 0.452 e. The van der Waals surface area contributed by atoms with Gasteiger partial charge in [-0.05, 0) is 84.1 Å². The predicted molar refractivity (Wildman–Crippen MR) is 126 cm³/mol. The number of hydrogen-bond donors (Lipinski definition) is 3. The fourth-order valence-electron chi connectivity index (χ4n) is 9.53. The molecule has 1 spiro atoms. The number of cyclic esters (lactones) is 1. The molecular formula is C28H37IO9. The first kappa shape index (κ1) is 27.3. The van der Waals surface area contributed by atoms with Gasteiger partial charge in [-0.25, -0.2) is 4.79 Å². The number of halogens is 1. The van der Waals surface area contributed by atoms with Gasteiger partial charge in [0.25, 0.3) is 0 Å². The Kier molecular flexibility index (Phi) is 5.98. The Morgan fingerprint density at radius 3 is 2.63 bits per heavy atom. The molecule has 0 aromatic carbocycles. The van der Waals surface area contributed by atoms with E-state index in [0.29, 0.717) is 24.8 Å². The number of epoxide rings is 1. The highest BCUT2D eigenvalue weighted by molar-refractivity contribution is 5.97. The van der Waals surface area contributed by atoms with Gasteiger partial charge in [-0.1, -0.05) is 11.6 Å². The summed E-state index contributed by atoms with van der Waals surface area (Å²) in [6.45, 7) is 6.71. The Bertz CT molecular complexity index is 1150. The topological polar surface area (TPSA) is 149 Å². The number of ether oxygens (including phenoxy) is 2. The Hall–Kier alpha value is -0.890. The number of ketones is 1. The number of rotatable bonds is 5. The normalized spacial score (nSPS) is 50.9. The zero-order valence-electron chi connectivity index (χ0n) is 22.3. The number of carbonyl (C=O) groups excluding carboxylic acids is 2. The first-order chi connectivity index (χ1) is 17.8. The van der Waals surface area contributed by atoms with Crippen LogP contribution in [0.3, 0.4) is 0 Å². The van der Waals surface area contributed by atoms with Gasteiger partial charge in [-0.3, -0.25) is 4.79 Å². The van der Waals surface area contributed by atoms with Crippen LogP contribution in [0.2, 0.25) is 0 Å². The van der Waals surface area contributed by atoms with Crippen molar-refractivity contribution in [3.63, 3.8) is 0 Å². The maximum atomic E-state index is 13.4. The van der Waals surface area contributed by atoms with Crippen molar-refractivity contribution in [1.82, 2.24) is 0 Å². The monoisotopic (exact) mass is 644 g/mol. The van der Waals surface area contributed by atoms with Crippen LogP contribution in [0.1, 0.15) is 72.6 Å². The SMILES string of the molecule is CC1=C(C)C(=O)OC([C@](C)(O)[C@]2(O)CC[C@@]3(O)[C@@H]4C[C@H]5O[C@]56CC=CC(=O)[C@]6(C)[C@H]4CC[C@]23CO[I+][O-])C1. The lowest BCUT2D eigenvalue weighted by Gasteiger charge is -2.63. The molecule has 10 heteroatoms. The minimum atomic E-state index is -1.94. The molecule has 210 valence electrons. The standard InChI is InChI=1S/C28H37IO9/c1-15-12-20(37-22(31)16(15)2)24(4,32)28(34)11-10-26(33)18-13-21-27(38-21)8-5-6-19(30)23(27,3)17(18)7-9-25(26,28)14-36-29-35/h5-6,17-18,20-21,32-34H,7-14H2,1-4H3/t17-,18+,20?,21+,23-,24-,25+,26+,27+,28+/m0/s1. The molecule has 0 amide bonds. The second-order valence-electron chi connectivity index (χ2n) is 13.0. The first-order valence-electron chi connectivity index (χ1n) is 13.6. The van der Waals surface area contributed by atoms with E-state index in [4.69, 9.17) is 12.5 Å². The molecule has 4 aliphatic carbocycles. The third-order valence-corrected chi connectivity index (χ3v) is 12.6. The van der Waals surface area contributed by atoms with Gasteiger partial charge in [0.15, 0.2) is 5.78 Å². The first-order valence-corrected chi connectivity index (χ1v) is 15.3. The average Bonchev–Trinajstić information content (AvgIpc) is 3.53. The number of fused-ring (bicyclic) bond motifs is 4. The van der Waals surface area contributed by atoms with Crippen LogP contribution in [-0.4, -0.2) is 68.3 Å². The van der Waals surface area contributed by atoms with Crippen molar-refractivity contribution in [2.75, 3.05) is 6.61 Å². The van der Waals surface area contributed by atoms with Crippen LogP contribution in [0.5, 0.6) is 0 Å². The van der Waals surface area contributed by atoms with E-state index in [1.54, 1.807) is 19.9 Å². The van der Waals surface area contributed by atoms with Crippen LogP contribution in [0.15, 0.2) is 23.3 Å². The van der Waals surface area contributed by atoms with Gasteiger partial charge in [0.2, 0.25) is 0 Å². The van der Waals surface area contributed by atoms with E-state index in [-0.39, 0.29) is 50.1 Å². The summed E-state index contributed by atoms with van der Waals surface area (Å²) < 4.78 is 29.1. The van der Waals surface area contributed by atoms with E-state index in [9.17, 15) is 28.3 Å². The van der Waals surface area contributed by atoms with Crippen LogP contribution in [0.25, 0.3) is 0 Å². The number of allylic oxidation sites excluding steroid dienone is 1. The Morgan fingerprint density at radius 1 is 1.21 bits per heavy atom. The summed E-state index contributed by atoms with van der Waals surface area (Å²) in [7, 11) is 0. The lowest BCUT2D eigenvalue weighted by Crippen LogP contribution is -3.70. The van der Waals surface area contributed by atoms with E-state index in [1.165, 1.54) is 6.92 Å². The quantitative estimate of drug-likeness (QED) is 0.176. The van der Waals surface area contributed by atoms with Crippen LogP contribution < -0.4 is 25.5 Å². The van der Waals surface area contributed by atoms with E-state index in [2.05, 4.69) is 0 Å². The van der Waals surface area contributed by atoms with Crippen molar-refractivity contribution >= 4 is 11.8 Å². The van der Waals surface area contributed by atoms with Crippen molar-refractivity contribution in [2.45, 2.75) is 107 Å². The molecule has 0 bridgehead atoms. The summed E-state index contributed by atoms with van der Waals surface area (Å²) in [6, 6.07) is 0. The van der Waals surface area contributed by atoms with Crippen molar-refractivity contribution in [3.8, 4) is 0 Å². The van der Waals surface area contributed by atoms with E-state index < -0.39 is 73.3 Å². The number of hydrogen-bond acceptors (Lipinski definition) is 9. The third-order valence-electron chi connectivity index (χ3n) is 12.1. The zero-order chi connectivity index (χ0) is 27.5. The molecule has 1 unspecified atom stereocenters. The Morgan fingerprint density at radius 2 is 1.95 bits per heavy atom. The molecule has 6 rings (SSSR count). The highest BCUT2D eigenvalue weighted by atomic mass is 127. The molecular weight excluding hydrogens is 607 g/mol. The number of carbonyl (C=O) groups is 2. The smallest absolute Gasteiger partial charge is 0.452 e. The molecule has 3 saturated carbocycles. The van der Waals surface area contributed by atoms with Gasteiger partial charge in [0, 0.05) is 12.0 Å². The number of esters is 1. The van der Waals surface area contributed by atoms with Crippen LogP contribution in [0, 0.1) is 22.7 Å². The summed E-state index contributed by atoms with van der Waals surface area (Å²) in [6.07, 6.45) is 4.70. The summed E-state index contributed by atoms with van der Waals surface area (Å²) in [5.74, 6) is -1.12. The van der Waals surface area contributed by atoms with Crippen molar-refractivity contribution in [2.24, 2.45) is 22.7 Å². The molecule has 3 N–H and O–H groups in total. The molecule has 6 aliphatic rings. The third kappa shape index (κ3) is 2.98. The summed E-state index contributed by atoms with van der Waals surface area (Å²) in [5.41, 5.74) is -6.85. The predicted octanol–water partition coefficient (Wildman–Crippen LogP) is -1.97. The maximum absolute atomic E-state index is 13.4. The van der Waals surface area contributed by atoms with Crippen LogP contribution >= 0.6 is 0 Å². The fourth-order valence-corrected chi connectivity index (χ4v) is 10.2. The fraction of sp³-hybridized carbons (Fsp3) is 0.786. The van der Waals surface area contributed by atoms with E-state index in [0.717, 1.165) is 5.57 Å². The highest BCUT2D eigenvalue weighted by Gasteiger charge is 2.83. The van der Waals surface area contributed by atoms with Crippen molar-refractivity contribution in [1.29, 1.82) is 0 Å². The lowest BCUT2D eigenvalue weighted by atomic mass is 9.42. The largest absolute Gasteiger partial charge is 0.567 e. The van der Waals surface area contributed by atoms with E-state index in [1.807, 2.05) is 13.0 Å². The highest BCUT2D eigenvalue weighted by Crippen LogP contribution is 2.75. The van der Waals surface area contributed by atoms with Crippen LogP contribution in [-0.2, 0) is 22.1 Å². The molecule has 2 aliphatic heterocycles. The summed E-state index contributed by atoms with van der Waals surface area (Å²) >= 11 is -1.88. The van der Waals surface area contributed by atoms with Gasteiger partial charge in [0.05, 0.1) is 22.5 Å². The second-order valence-corrected chi connectivity index (χ2v) is 14.0. The Balaban J connectivity index is 1.43. The molecule has 2 heterocycles. The van der Waals surface area contributed by atoms with Gasteiger partial charge < -0.3 is 28.2 Å². The molecule has 10 atom stereocenters. The summed E-state index contributed by atoms with van der Waals surface area (Å²) in [4.78, 5) is 26.0. The van der Waals surface area contributed by atoms with Gasteiger partial charge in [-0.2, -0.15) is 0 Å². The zero-order valence-corrected chi connectivity index (χ0v) is 24.4. The molecule has 0 aromatic rings. The average molecular weight is 644 g/mol. The van der Waals surface area contributed by atoms with Gasteiger partial charge in [0.1, 0.15) is 29.5 Å². The molecule has 9 nitrogen and oxygen atoms in total. The van der Waals surface area contributed by atoms with E-state index >= 15 is 0 Å². The van der Waals surface area contributed by atoms with Crippen molar-refractivity contribution in [3.05, 3.63) is 23.3 Å². The lowest BCUT2D eigenvalue weighted by molar-refractivity contribution is -1.27. The van der Waals surface area contributed by atoms with Crippen molar-refractivity contribution < 1.29 is 62.9 Å². The minimum Gasteiger partial charge on any atom is -0.567 e. The van der Waals surface area contributed by atoms with Gasteiger partial charge in [-0.15, -0.1) is 3.07 Å². The molecule has 0 aromatic heterocycles. The molecule has 4 fully saturated rings. The molecule has 0 radical (unpaired) electrons. The summed E-state index contributed by atoms with van der Waals surface area (Å²) in [5, 5.41) is 37.4. The van der Waals surface area contributed by atoms with Crippen LogP contribution in [0.4, 0.5) is 0 Å². The molecule has 1 saturated heterocycles.